The fraction of sp³-hybridized carbons (Fsp3) is 0.455. The number of hydrogen-bond donors (Lipinski definition) is 1. The molecule has 5 heteroatoms. The summed E-state index contributed by atoms with van der Waals surface area (Å²) >= 11 is 12.1. The average molecular weight is 283 g/mol. The second kappa shape index (κ2) is 5.97. The number of hydrogen-bond acceptors (Lipinski definition) is 2. The molecular formula is C11H14Cl3NO. The van der Waals surface area contributed by atoms with Gasteiger partial charge in [-0.2, -0.15) is 0 Å². The summed E-state index contributed by atoms with van der Waals surface area (Å²) in [6.07, 6.45) is 2.55. The Morgan fingerprint density at radius 2 is 1.88 bits per heavy atom. The molecule has 2 nitrogen and oxygen atoms in total. The number of methoxy groups -OCH3 is 1. The van der Waals surface area contributed by atoms with Crippen molar-refractivity contribution in [3.63, 3.8) is 0 Å². The monoisotopic (exact) mass is 281 g/mol. The molecular weight excluding hydrogens is 268 g/mol. The molecule has 1 fully saturated rings. The Labute approximate surface area is 112 Å². The Morgan fingerprint density at radius 1 is 1.31 bits per heavy atom. The highest BCUT2D eigenvalue weighted by Crippen LogP contribution is 2.34. The van der Waals surface area contributed by atoms with Crippen LogP contribution in [0.4, 0.5) is 0 Å². The minimum atomic E-state index is 0. The summed E-state index contributed by atoms with van der Waals surface area (Å²) in [5, 5.41) is 4.54. The molecule has 0 amide bonds. The van der Waals surface area contributed by atoms with Crippen molar-refractivity contribution in [2.75, 3.05) is 7.11 Å². The maximum atomic E-state index is 6.03. The molecule has 0 saturated heterocycles. The lowest BCUT2D eigenvalue weighted by atomic mass is 10.2. The zero-order valence-corrected chi connectivity index (χ0v) is 11.3. The topological polar surface area (TPSA) is 21.3 Å². The van der Waals surface area contributed by atoms with E-state index in [-0.39, 0.29) is 12.4 Å². The minimum absolute atomic E-state index is 0. The van der Waals surface area contributed by atoms with Crippen LogP contribution in [-0.4, -0.2) is 13.2 Å². The second-order valence-electron chi connectivity index (χ2n) is 3.75. The van der Waals surface area contributed by atoms with Gasteiger partial charge in [-0.1, -0.05) is 23.2 Å². The van der Waals surface area contributed by atoms with Gasteiger partial charge in [0.15, 0.2) is 5.75 Å². The zero-order valence-electron chi connectivity index (χ0n) is 8.93. The van der Waals surface area contributed by atoms with Crippen LogP contribution in [0.3, 0.4) is 0 Å². The van der Waals surface area contributed by atoms with E-state index >= 15 is 0 Å². The van der Waals surface area contributed by atoms with Crippen LogP contribution in [0, 0.1) is 0 Å². The molecule has 0 atom stereocenters. The van der Waals surface area contributed by atoms with E-state index in [2.05, 4.69) is 5.32 Å². The molecule has 0 bridgehead atoms. The van der Waals surface area contributed by atoms with Gasteiger partial charge in [0.25, 0.3) is 0 Å². The zero-order chi connectivity index (χ0) is 10.8. The maximum absolute atomic E-state index is 6.03. The maximum Gasteiger partial charge on any atom is 0.156 e. The second-order valence-corrected chi connectivity index (χ2v) is 4.56. The van der Waals surface area contributed by atoms with E-state index in [4.69, 9.17) is 27.9 Å². The van der Waals surface area contributed by atoms with Gasteiger partial charge in [0.1, 0.15) is 0 Å². The quantitative estimate of drug-likeness (QED) is 0.910. The van der Waals surface area contributed by atoms with E-state index in [1.807, 2.05) is 12.1 Å². The van der Waals surface area contributed by atoms with E-state index in [0.717, 1.165) is 12.1 Å². The summed E-state index contributed by atoms with van der Waals surface area (Å²) in [5.41, 5.74) is 1.10. The van der Waals surface area contributed by atoms with E-state index in [9.17, 15) is 0 Å². The summed E-state index contributed by atoms with van der Waals surface area (Å²) < 4.78 is 5.08. The van der Waals surface area contributed by atoms with Gasteiger partial charge in [-0.15, -0.1) is 12.4 Å². The Balaban J connectivity index is 0.00000128. The van der Waals surface area contributed by atoms with Crippen LogP contribution in [0.25, 0.3) is 0 Å². The van der Waals surface area contributed by atoms with Gasteiger partial charge < -0.3 is 10.1 Å². The van der Waals surface area contributed by atoms with Crippen LogP contribution < -0.4 is 10.1 Å². The van der Waals surface area contributed by atoms with Crippen molar-refractivity contribution >= 4 is 35.6 Å². The smallest absolute Gasteiger partial charge is 0.156 e. The van der Waals surface area contributed by atoms with E-state index in [1.165, 1.54) is 12.8 Å². The highest BCUT2D eigenvalue weighted by atomic mass is 35.5. The minimum Gasteiger partial charge on any atom is -0.494 e. The van der Waals surface area contributed by atoms with Crippen LogP contribution >= 0.6 is 35.6 Å². The first kappa shape index (κ1) is 13.9. The highest BCUT2D eigenvalue weighted by molar-refractivity contribution is 6.37. The molecule has 90 valence electrons. The van der Waals surface area contributed by atoms with Crippen LogP contribution in [0.5, 0.6) is 5.75 Å². The molecule has 1 saturated carbocycles. The molecule has 0 radical (unpaired) electrons. The fourth-order valence-corrected chi connectivity index (χ4v) is 2.15. The molecule has 16 heavy (non-hydrogen) atoms. The van der Waals surface area contributed by atoms with Crippen molar-refractivity contribution in [3.8, 4) is 5.75 Å². The van der Waals surface area contributed by atoms with E-state index < -0.39 is 0 Å². The predicted molar refractivity (Wildman–Crippen MR) is 70.1 cm³/mol. The van der Waals surface area contributed by atoms with Gasteiger partial charge in [0, 0.05) is 12.6 Å². The van der Waals surface area contributed by atoms with Crippen molar-refractivity contribution in [2.24, 2.45) is 0 Å². The predicted octanol–water partition coefficient (Wildman–Crippen LogP) is 3.68. The molecule has 0 spiro atoms. The summed E-state index contributed by atoms with van der Waals surface area (Å²) in [5.74, 6) is 0.550. The van der Waals surface area contributed by atoms with Crippen molar-refractivity contribution in [1.29, 1.82) is 0 Å². The lowest BCUT2D eigenvalue weighted by Gasteiger charge is -2.09. The van der Waals surface area contributed by atoms with Gasteiger partial charge in [-0.3, -0.25) is 0 Å². The van der Waals surface area contributed by atoms with E-state index in [1.54, 1.807) is 7.11 Å². The van der Waals surface area contributed by atoms with Gasteiger partial charge in [0.05, 0.1) is 17.2 Å². The summed E-state index contributed by atoms with van der Waals surface area (Å²) in [7, 11) is 1.56. The first-order valence-electron chi connectivity index (χ1n) is 4.96. The first-order valence-corrected chi connectivity index (χ1v) is 5.71. The number of nitrogens with one attached hydrogen (secondary N) is 1. The van der Waals surface area contributed by atoms with Gasteiger partial charge in [0.2, 0.25) is 0 Å². The fourth-order valence-electron chi connectivity index (χ4n) is 1.46. The molecule has 2 rings (SSSR count). The molecule has 0 aromatic heterocycles. The van der Waals surface area contributed by atoms with E-state index in [0.29, 0.717) is 21.8 Å². The highest BCUT2D eigenvalue weighted by Gasteiger charge is 2.20. The third kappa shape index (κ3) is 3.42. The molecule has 1 aliphatic rings. The van der Waals surface area contributed by atoms with Crippen LogP contribution in [0.1, 0.15) is 18.4 Å². The molecule has 0 aliphatic heterocycles. The van der Waals surface area contributed by atoms with Crippen LogP contribution in [-0.2, 0) is 6.54 Å². The van der Waals surface area contributed by atoms with Gasteiger partial charge in [-0.05, 0) is 30.5 Å². The Hall–Kier alpha value is -0.150. The molecule has 1 aromatic rings. The summed E-state index contributed by atoms with van der Waals surface area (Å²) in [4.78, 5) is 0. The third-order valence-electron chi connectivity index (χ3n) is 2.43. The lowest BCUT2D eigenvalue weighted by molar-refractivity contribution is 0.415. The Kier molecular flexibility index (Phi) is 5.19. The van der Waals surface area contributed by atoms with Crippen molar-refractivity contribution in [3.05, 3.63) is 27.7 Å². The summed E-state index contributed by atoms with van der Waals surface area (Å²) in [6, 6.07) is 4.47. The van der Waals surface area contributed by atoms with Crippen molar-refractivity contribution in [1.82, 2.24) is 5.32 Å². The summed E-state index contributed by atoms with van der Waals surface area (Å²) in [6.45, 7) is 0.814. The third-order valence-corrected chi connectivity index (χ3v) is 3.00. The standard InChI is InChI=1S/C11H13Cl2NO.ClH/c1-15-11-9(12)4-7(5-10(11)13)6-14-8-2-3-8;/h4-5,8,14H,2-3,6H2,1H3;1H. The number of benzene rings is 1. The molecule has 0 heterocycles. The Bertz CT molecular complexity index is 343. The molecule has 1 N–H and O–H groups in total. The normalized spacial score (nSPS) is 14.4. The number of rotatable bonds is 4. The van der Waals surface area contributed by atoms with Gasteiger partial charge in [-0.25, -0.2) is 0 Å². The lowest BCUT2D eigenvalue weighted by Crippen LogP contribution is -2.15. The molecule has 1 aromatic carbocycles. The average Bonchev–Trinajstić information content (AvgIpc) is 2.97. The van der Waals surface area contributed by atoms with Crippen molar-refractivity contribution < 1.29 is 4.74 Å². The Morgan fingerprint density at radius 3 is 2.31 bits per heavy atom. The molecule has 1 aliphatic carbocycles. The van der Waals surface area contributed by atoms with Crippen molar-refractivity contribution in [2.45, 2.75) is 25.4 Å². The first-order chi connectivity index (χ1) is 7.20. The van der Waals surface area contributed by atoms with Gasteiger partial charge >= 0.3 is 0 Å². The SMILES string of the molecule is COc1c(Cl)cc(CNC2CC2)cc1Cl.Cl. The van der Waals surface area contributed by atoms with Crippen LogP contribution in [0.15, 0.2) is 12.1 Å². The number of ether oxygens (including phenoxy) is 1. The molecule has 0 unspecified atom stereocenters. The number of halogens is 3. The van der Waals surface area contributed by atoms with Crippen LogP contribution in [0.2, 0.25) is 10.0 Å². The largest absolute Gasteiger partial charge is 0.494 e.